The van der Waals surface area contributed by atoms with Gasteiger partial charge in [0, 0.05) is 36.7 Å². The van der Waals surface area contributed by atoms with E-state index in [1.165, 1.54) is 0 Å². The van der Waals surface area contributed by atoms with Gasteiger partial charge in [-0.15, -0.1) is 0 Å². The van der Waals surface area contributed by atoms with Crippen molar-refractivity contribution in [3.8, 4) is 0 Å². The molecule has 0 unspecified atom stereocenters. The predicted molar refractivity (Wildman–Crippen MR) is 94.1 cm³/mol. The third-order valence-corrected chi connectivity index (χ3v) is 4.44. The zero-order valence-electron chi connectivity index (χ0n) is 14.0. The van der Waals surface area contributed by atoms with E-state index in [9.17, 15) is 9.59 Å². The number of hydrogen-bond acceptors (Lipinski definition) is 3. The fraction of sp³-hybridized carbons (Fsp3) is 0.316. The van der Waals surface area contributed by atoms with Crippen LogP contribution in [-0.4, -0.2) is 23.3 Å². The quantitative estimate of drug-likeness (QED) is 0.940. The molecular formula is C19H21N3O2. The van der Waals surface area contributed by atoms with Crippen LogP contribution < -0.4 is 10.2 Å². The van der Waals surface area contributed by atoms with E-state index in [1.54, 1.807) is 17.3 Å². The zero-order valence-corrected chi connectivity index (χ0v) is 14.0. The number of hydrogen-bond donors (Lipinski definition) is 1. The standard InChI is InChI=1S/C19H21N3O2/c1-3-22-17-8-7-16(11-14(17)6-9-18(22)23)21-19(24)13(2)15-5-4-10-20-12-15/h4-5,7-8,10-13H,3,6,9H2,1-2H3,(H,21,24)/t13-/m0/s1. The number of carbonyl (C=O) groups is 2. The van der Waals surface area contributed by atoms with Crippen molar-refractivity contribution >= 4 is 23.2 Å². The molecule has 0 saturated heterocycles. The Balaban J connectivity index is 1.77. The summed E-state index contributed by atoms with van der Waals surface area (Å²) in [7, 11) is 0. The number of nitrogens with zero attached hydrogens (tertiary/aromatic N) is 2. The van der Waals surface area contributed by atoms with E-state index in [1.807, 2.05) is 44.2 Å². The van der Waals surface area contributed by atoms with E-state index in [0.717, 1.165) is 22.5 Å². The summed E-state index contributed by atoms with van der Waals surface area (Å²) in [6.45, 7) is 4.50. The highest BCUT2D eigenvalue weighted by Crippen LogP contribution is 2.30. The first-order valence-electron chi connectivity index (χ1n) is 8.24. The Bertz CT molecular complexity index is 758. The Hall–Kier alpha value is -2.69. The Morgan fingerprint density at radius 2 is 2.17 bits per heavy atom. The lowest BCUT2D eigenvalue weighted by Gasteiger charge is -2.28. The number of aryl methyl sites for hydroxylation is 1. The van der Waals surface area contributed by atoms with Crippen LogP contribution in [-0.2, 0) is 16.0 Å². The molecule has 2 amide bonds. The normalized spacial score (nSPS) is 14.9. The first-order valence-corrected chi connectivity index (χ1v) is 8.24. The summed E-state index contributed by atoms with van der Waals surface area (Å²) in [4.78, 5) is 30.3. The van der Waals surface area contributed by atoms with Gasteiger partial charge in [-0.2, -0.15) is 0 Å². The molecule has 2 heterocycles. The van der Waals surface area contributed by atoms with Gasteiger partial charge in [0.1, 0.15) is 0 Å². The number of amides is 2. The maximum Gasteiger partial charge on any atom is 0.231 e. The fourth-order valence-corrected chi connectivity index (χ4v) is 3.02. The summed E-state index contributed by atoms with van der Waals surface area (Å²) >= 11 is 0. The lowest BCUT2D eigenvalue weighted by atomic mass is 9.99. The first kappa shape index (κ1) is 16.2. The van der Waals surface area contributed by atoms with Crippen molar-refractivity contribution in [1.82, 2.24) is 4.98 Å². The van der Waals surface area contributed by atoms with Crippen molar-refractivity contribution in [2.45, 2.75) is 32.6 Å². The van der Waals surface area contributed by atoms with Gasteiger partial charge in [0.2, 0.25) is 11.8 Å². The van der Waals surface area contributed by atoms with Crippen LogP contribution in [0.4, 0.5) is 11.4 Å². The summed E-state index contributed by atoms with van der Waals surface area (Å²) in [6.07, 6.45) is 4.64. The van der Waals surface area contributed by atoms with E-state index < -0.39 is 0 Å². The molecule has 0 radical (unpaired) electrons. The smallest absolute Gasteiger partial charge is 0.231 e. The second-order valence-electron chi connectivity index (χ2n) is 5.98. The largest absolute Gasteiger partial charge is 0.326 e. The number of fused-ring (bicyclic) bond motifs is 1. The number of rotatable bonds is 4. The highest BCUT2D eigenvalue weighted by Gasteiger charge is 2.23. The van der Waals surface area contributed by atoms with Gasteiger partial charge in [0.25, 0.3) is 0 Å². The van der Waals surface area contributed by atoms with Crippen LogP contribution in [0, 0.1) is 0 Å². The Morgan fingerprint density at radius 3 is 2.88 bits per heavy atom. The molecule has 1 N–H and O–H groups in total. The van der Waals surface area contributed by atoms with Gasteiger partial charge in [-0.1, -0.05) is 6.07 Å². The van der Waals surface area contributed by atoms with Gasteiger partial charge in [-0.25, -0.2) is 0 Å². The van der Waals surface area contributed by atoms with Gasteiger partial charge >= 0.3 is 0 Å². The Kier molecular flexibility index (Phi) is 4.60. The molecule has 1 aromatic heterocycles. The number of carbonyl (C=O) groups excluding carboxylic acids is 2. The maximum atomic E-state index is 12.5. The average molecular weight is 323 g/mol. The van der Waals surface area contributed by atoms with Gasteiger partial charge in [0.05, 0.1) is 5.92 Å². The van der Waals surface area contributed by atoms with Gasteiger partial charge < -0.3 is 10.2 Å². The second kappa shape index (κ2) is 6.83. The third-order valence-electron chi connectivity index (χ3n) is 4.44. The van der Waals surface area contributed by atoms with Crippen LogP contribution in [0.15, 0.2) is 42.7 Å². The number of aromatic nitrogens is 1. The van der Waals surface area contributed by atoms with Crippen LogP contribution in [0.1, 0.15) is 37.3 Å². The van der Waals surface area contributed by atoms with E-state index in [4.69, 9.17) is 0 Å². The molecule has 1 aliphatic rings. The van der Waals surface area contributed by atoms with Crippen molar-refractivity contribution in [3.63, 3.8) is 0 Å². The third kappa shape index (κ3) is 3.15. The van der Waals surface area contributed by atoms with Crippen LogP contribution in [0.2, 0.25) is 0 Å². The molecule has 0 aliphatic carbocycles. The molecule has 0 bridgehead atoms. The Morgan fingerprint density at radius 1 is 1.33 bits per heavy atom. The molecule has 1 aromatic carbocycles. The number of pyridine rings is 1. The minimum atomic E-state index is -0.275. The first-order chi connectivity index (χ1) is 11.6. The van der Waals surface area contributed by atoms with Crippen molar-refractivity contribution < 1.29 is 9.59 Å². The highest BCUT2D eigenvalue weighted by atomic mass is 16.2. The summed E-state index contributed by atoms with van der Waals surface area (Å²) in [5.41, 5.74) is 3.70. The van der Waals surface area contributed by atoms with Gasteiger partial charge in [-0.05, 0) is 55.7 Å². The van der Waals surface area contributed by atoms with Crippen molar-refractivity contribution in [2.24, 2.45) is 0 Å². The van der Waals surface area contributed by atoms with Crippen LogP contribution >= 0.6 is 0 Å². The number of nitrogens with one attached hydrogen (secondary N) is 1. The molecular weight excluding hydrogens is 302 g/mol. The summed E-state index contributed by atoms with van der Waals surface area (Å²) in [5, 5.41) is 2.96. The van der Waals surface area contributed by atoms with Crippen LogP contribution in [0.3, 0.4) is 0 Å². The summed E-state index contributed by atoms with van der Waals surface area (Å²) in [5.74, 6) is -0.183. The molecule has 1 aliphatic heterocycles. The number of anilines is 2. The topological polar surface area (TPSA) is 62.3 Å². The fourth-order valence-electron chi connectivity index (χ4n) is 3.02. The van der Waals surface area contributed by atoms with Gasteiger partial charge in [0.15, 0.2) is 0 Å². The highest BCUT2D eigenvalue weighted by molar-refractivity contribution is 5.98. The molecule has 2 aromatic rings. The minimum Gasteiger partial charge on any atom is -0.326 e. The molecule has 0 saturated carbocycles. The second-order valence-corrected chi connectivity index (χ2v) is 5.98. The number of benzene rings is 1. The molecule has 5 nitrogen and oxygen atoms in total. The van der Waals surface area contributed by atoms with Gasteiger partial charge in [-0.3, -0.25) is 14.6 Å². The SMILES string of the molecule is CCN1C(=O)CCc2cc(NC(=O)[C@@H](C)c3cccnc3)ccc21. The molecule has 3 rings (SSSR count). The van der Waals surface area contributed by atoms with E-state index >= 15 is 0 Å². The van der Waals surface area contributed by atoms with Crippen LogP contribution in [0.5, 0.6) is 0 Å². The van der Waals surface area contributed by atoms with Crippen molar-refractivity contribution in [2.75, 3.05) is 16.8 Å². The maximum absolute atomic E-state index is 12.5. The van der Waals surface area contributed by atoms with E-state index in [2.05, 4.69) is 10.3 Å². The van der Waals surface area contributed by atoms with E-state index in [-0.39, 0.29) is 17.7 Å². The average Bonchev–Trinajstić information content (AvgIpc) is 2.62. The molecule has 0 spiro atoms. The molecule has 5 heteroatoms. The minimum absolute atomic E-state index is 0.0674. The molecule has 124 valence electrons. The van der Waals surface area contributed by atoms with Crippen molar-refractivity contribution in [1.29, 1.82) is 0 Å². The lowest BCUT2D eigenvalue weighted by Crippen LogP contribution is -2.34. The lowest BCUT2D eigenvalue weighted by molar-refractivity contribution is -0.119. The molecule has 0 fully saturated rings. The zero-order chi connectivity index (χ0) is 17.1. The molecule has 1 atom stereocenters. The predicted octanol–water partition coefficient (Wildman–Crippen LogP) is 3.12. The van der Waals surface area contributed by atoms with E-state index in [0.29, 0.717) is 19.4 Å². The monoisotopic (exact) mass is 323 g/mol. The van der Waals surface area contributed by atoms with Crippen molar-refractivity contribution in [3.05, 3.63) is 53.9 Å². The molecule has 24 heavy (non-hydrogen) atoms. The summed E-state index contributed by atoms with van der Waals surface area (Å²) < 4.78 is 0. The Labute approximate surface area is 141 Å². The van der Waals surface area contributed by atoms with Crippen LogP contribution in [0.25, 0.3) is 0 Å². The summed E-state index contributed by atoms with van der Waals surface area (Å²) in [6, 6.07) is 9.47.